The minimum Gasteiger partial charge on any atom is -0.333 e. The predicted octanol–water partition coefficient (Wildman–Crippen LogP) is 9.60. The summed E-state index contributed by atoms with van der Waals surface area (Å²) >= 11 is 3.89. The summed E-state index contributed by atoms with van der Waals surface area (Å²) in [6.07, 6.45) is 19.3. The predicted molar refractivity (Wildman–Crippen MR) is 154 cm³/mol. The second-order valence-electron chi connectivity index (χ2n) is 9.66. The van der Waals surface area contributed by atoms with Crippen molar-refractivity contribution in [1.82, 2.24) is 0 Å². The zero-order valence-corrected chi connectivity index (χ0v) is 20.7. The zero-order valence-electron chi connectivity index (χ0n) is 19.1. The molecule has 0 bridgehead atoms. The maximum Gasteiger partial charge on any atom is 0.0630 e. The third-order valence-corrected chi connectivity index (χ3v) is 10.2. The molecule has 2 aliphatic carbocycles. The topological polar surface area (TPSA) is 3.24 Å². The molecule has 3 aromatic carbocycles. The average Bonchev–Trinajstić information content (AvgIpc) is 3.60. The van der Waals surface area contributed by atoms with E-state index in [1.807, 2.05) is 22.7 Å². The molecule has 1 nitrogen and oxygen atoms in total. The minimum atomic E-state index is 0.311. The Morgan fingerprint density at radius 2 is 1.63 bits per heavy atom. The average molecular weight is 486 g/mol. The van der Waals surface area contributed by atoms with Crippen LogP contribution in [0.3, 0.4) is 0 Å². The summed E-state index contributed by atoms with van der Waals surface area (Å²) in [6.45, 7) is 0. The number of nitrogens with zero attached hydrogens (tertiary/aromatic N) is 1. The Bertz CT molecular complexity index is 1760. The van der Waals surface area contributed by atoms with Crippen LogP contribution in [0.15, 0.2) is 109 Å². The second-order valence-corrected chi connectivity index (χ2v) is 11.8. The fourth-order valence-corrected chi connectivity index (χ4v) is 8.52. The van der Waals surface area contributed by atoms with Crippen LogP contribution in [0.1, 0.15) is 28.7 Å². The Morgan fingerprint density at radius 3 is 2.57 bits per heavy atom. The quantitative estimate of drug-likeness (QED) is 0.241. The first-order valence-corrected chi connectivity index (χ1v) is 13.9. The summed E-state index contributed by atoms with van der Waals surface area (Å²) in [5, 5.41) is 4.10. The van der Waals surface area contributed by atoms with E-state index < -0.39 is 0 Å². The molecule has 3 atom stereocenters. The van der Waals surface area contributed by atoms with Crippen LogP contribution in [0.5, 0.6) is 0 Å². The normalized spacial score (nSPS) is 22.5. The van der Waals surface area contributed by atoms with Gasteiger partial charge in [0.25, 0.3) is 0 Å². The molecule has 1 aliphatic heterocycles. The lowest BCUT2D eigenvalue weighted by molar-refractivity contribution is 0.748. The highest BCUT2D eigenvalue weighted by Crippen LogP contribution is 2.53. The van der Waals surface area contributed by atoms with E-state index in [9.17, 15) is 0 Å². The largest absolute Gasteiger partial charge is 0.333 e. The van der Waals surface area contributed by atoms with Gasteiger partial charge in [-0.25, -0.2) is 0 Å². The van der Waals surface area contributed by atoms with Gasteiger partial charge in [-0.3, -0.25) is 0 Å². The smallest absolute Gasteiger partial charge is 0.0630 e. The van der Waals surface area contributed by atoms with E-state index in [0.717, 1.165) is 6.42 Å². The van der Waals surface area contributed by atoms with Crippen molar-refractivity contribution in [3.05, 3.63) is 120 Å². The number of rotatable bonds is 2. The molecule has 3 heterocycles. The summed E-state index contributed by atoms with van der Waals surface area (Å²) in [6, 6.07) is 23.3. The van der Waals surface area contributed by atoms with Crippen molar-refractivity contribution in [2.24, 2.45) is 0 Å². The zero-order chi connectivity index (χ0) is 22.9. The van der Waals surface area contributed by atoms with E-state index >= 15 is 0 Å². The number of hydrogen-bond acceptors (Lipinski definition) is 3. The molecule has 0 fully saturated rings. The van der Waals surface area contributed by atoms with Crippen molar-refractivity contribution < 1.29 is 0 Å². The third kappa shape index (κ3) is 2.92. The maximum atomic E-state index is 2.58. The number of allylic oxidation sites excluding steroid dienone is 6. The van der Waals surface area contributed by atoms with Crippen LogP contribution in [-0.4, -0.2) is 6.04 Å². The molecule has 3 aliphatic rings. The highest BCUT2D eigenvalue weighted by Gasteiger charge is 2.39. The van der Waals surface area contributed by atoms with Gasteiger partial charge in [0.05, 0.1) is 6.04 Å². The minimum absolute atomic E-state index is 0.311. The summed E-state index contributed by atoms with van der Waals surface area (Å²) in [4.78, 5) is 4.05. The summed E-state index contributed by atoms with van der Waals surface area (Å²) < 4.78 is 4.18. The lowest BCUT2D eigenvalue weighted by atomic mass is 9.91. The summed E-state index contributed by atoms with van der Waals surface area (Å²) in [7, 11) is 0. The Balaban J connectivity index is 1.32. The molecule has 5 aromatic rings. The highest BCUT2D eigenvalue weighted by atomic mass is 32.1. The first-order chi connectivity index (χ1) is 17.3. The van der Waals surface area contributed by atoms with Crippen LogP contribution in [0, 0.1) is 0 Å². The van der Waals surface area contributed by atoms with Gasteiger partial charge < -0.3 is 4.90 Å². The van der Waals surface area contributed by atoms with Crippen molar-refractivity contribution in [2.75, 3.05) is 4.90 Å². The van der Waals surface area contributed by atoms with Gasteiger partial charge in [0, 0.05) is 58.5 Å². The van der Waals surface area contributed by atoms with E-state index in [4.69, 9.17) is 0 Å². The molecular formula is C32H23NS2. The molecule has 0 spiro atoms. The van der Waals surface area contributed by atoms with E-state index in [2.05, 4.69) is 114 Å². The van der Waals surface area contributed by atoms with Crippen molar-refractivity contribution in [3.8, 4) is 0 Å². The van der Waals surface area contributed by atoms with E-state index in [1.165, 1.54) is 52.1 Å². The fraction of sp³-hybridized carbons (Fsp3) is 0.125. The molecule has 0 saturated heterocycles. The van der Waals surface area contributed by atoms with Gasteiger partial charge in [-0.15, -0.1) is 22.7 Å². The molecular weight excluding hydrogens is 462 g/mol. The van der Waals surface area contributed by atoms with Crippen molar-refractivity contribution >= 4 is 64.3 Å². The van der Waals surface area contributed by atoms with Gasteiger partial charge in [-0.1, -0.05) is 72.9 Å². The highest BCUT2D eigenvalue weighted by molar-refractivity contribution is 7.25. The fourth-order valence-electron chi connectivity index (χ4n) is 6.09. The second kappa shape index (κ2) is 7.55. The van der Waals surface area contributed by atoms with E-state index in [-0.39, 0.29) is 0 Å². The number of thiophene rings is 2. The first-order valence-electron chi connectivity index (χ1n) is 12.3. The van der Waals surface area contributed by atoms with E-state index in [1.54, 1.807) is 0 Å². The maximum absolute atomic E-state index is 2.58. The molecule has 35 heavy (non-hydrogen) atoms. The SMILES string of the molecule is C1=CCC(c2cc3ccc4c(c3s2)C2C=CC=CC2N4c2ccc3sc4ccccc4c3c2)C=C1. The molecule has 0 saturated carbocycles. The lowest BCUT2D eigenvalue weighted by Gasteiger charge is -2.28. The van der Waals surface area contributed by atoms with Crippen molar-refractivity contribution in [1.29, 1.82) is 0 Å². The monoisotopic (exact) mass is 485 g/mol. The lowest BCUT2D eigenvalue weighted by Crippen LogP contribution is -2.28. The molecule has 3 unspecified atom stereocenters. The summed E-state index contributed by atoms with van der Waals surface area (Å²) in [5.74, 6) is 0.874. The van der Waals surface area contributed by atoms with Crippen LogP contribution >= 0.6 is 22.7 Å². The Labute approximate surface area is 212 Å². The van der Waals surface area contributed by atoms with Crippen LogP contribution in [0.25, 0.3) is 30.3 Å². The van der Waals surface area contributed by atoms with Gasteiger partial charge >= 0.3 is 0 Å². The molecule has 168 valence electrons. The van der Waals surface area contributed by atoms with Gasteiger partial charge in [0.1, 0.15) is 0 Å². The third-order valence-electron chi connectivity index (χ3n) is 7.70. The Kier molecular flexibility index (Phi) is 4.28. The Hall–Kier alpha value is -3.40. The van der Waals surface area contributed by atoms with Gasteiger partial charge in [0.2, 0.25) is 0 Å². The van der Waals surface area contributed by atoms with Crippen LogP contribution in [0.4, 0.5) is 11.4 Å². The van der Waals surface area contributed by atoms with Crippen molar-refractivity contribution in [2.45, 2.75) is 24.3 Å². The molecule has 2 aromatic heterocycles. The molecule has 0 amide bonds. The summed E-state index contributed by atoms with van der Waals surface area (Å²) in [5.41, 5.74) is 4.14. The Morgan fingerprint density at radius 1 is 0.743 bits per heavy atom. The number of benzene rings is 3. The first kappa shape index (κ1) is 19.9. The number of anilines is 2. The van der Waals surface area contributed by atoms with Gasteiger partial charge in [-0.2, -0.15) is 0 Å². The number of fused-ring (bicyclic) bond motifs is 8. The standard InChI is InChI=1S/C32H23NS2/c1-2-8-20(9-3-1)30-18-21-14-16-27-31(32(21)35-30)24-11-4-6-12-26(24)33(27)22-15-17-29-25(19-22)23-10-5-7-13-28(23)34-29/h1-8,10-20,24,26H,9H2. The van der Waals surface area contributed by atoms with Crippen molar-refractivity contribution in [3.63, 3.8) is 0 Å². The van der Waals surface area contributed by atoms with Gasteiger partial charge in [-0.05, 0) is 48.2 Å². The van der Waals surface area contributed by atoms with Crippen LogP contribution < -0.4 is 4.90 Å². The van der Waals surface area contributed by atoms with Gasteiger partial charge in [0.15, 0.2) is 0 Å². The molecule has 8 rings (SSSR count). The molecule has 0 radical (unpaired) electrons. The number of hydrogen-bond donors (Lipinski definition) is 0. The van der Waals surface area contributed by atoms with E-state index in [0.29, 0.717) is 17.9 Å². The molecule has 3 heteroatoms. The van der Waals surface area contributed by atoms with Crippen LogP contribution in [-0.2, 0) is 0 Å². The molecule has 0 N–H and O–H groups in total. The van der Waals surface area contributed by atoms with Crippen LogP contribution in [0.2, 0.25) is 0 Å².